The summed E-state index contributed by atoms with van der Waals surface area (Å²) in [6.45, 7) is 3.44. The van der Waals surface area contributed by atoms with Gasteiger partial charge in [0, 0.05) is 0 Å². The lowest BCUT2D eigenvalue weighted by atomic mass is 10.0. The van der Waals surface area contributed by atoms with Crippen LogP contribution in [0.15, 0.2) is 36.4 Å². The van der Waals surface area contributed by atoms with Crippen LogP contribution in [-0.2, 0) is 0 Å². The lowest BCUT2D eigenvalue weighted by Crippen LogP contribution is -2.13. The Morgan fingerprint density at radius 2 is 1.85 bits per heavy atom. The van der Waals surface area contributed by atoms with Crippen LogP contribution in [0.1, 0.15) is 30.5 Å². The fourth-order valence-corrected chi connectivity index (χ4v) is 2.11. The van der Waals surface area contributed by atoms with E-state index in [1.54, 1.807) is 19.1 Å². The quantitative estimate of drug-likeness (QED) is 0.832. The van der Waals surface area contributed by atoms with Gasteiger partial charge in [0.15, 0.2) is 5.82 Å². The number of halogens is 3. The molecule has 1 atom stereocenters. The maximum Gasteiger partial charge on any atom is 0.152 e. The van der Waals surface area contributed by atoms with E-state index in [9.17, 15) is 13.2 Å². The van der Waals surface area contributed by atoms with E-state index in [2.05, 4.69) is 5.32 Å². The molecule has 106 valence electrons. The first-order chi connectivity index (χ1) is 9.52. The zero-order chi connectivity index (χ0) is 14.7. The molecule has 0 heterocycles. The Hall–Kier alpha value is -1.97. The maximum atomic E-state index is 14.0. The minimum Gasteiger partial charge on any atom is -0.373 e. The second-order valence-electron chi connectivity index (χ2n) is 4.71. The van der Waals surface area contributed by atoms with Gasteiger partial charge in [-0.25, -0.2) is 13.2 Å². The highest BCUT2D eigenvalue weighted by atomic mass is 19.1. The number of aryl methyl sites for hydroxylation is 1. The highest BCUT2D eigenvalue weighted by Crippen LogP contribution is 2.28. The SMILES string of the molecule is CCC(Nc1c(F)ccc(C)c1F)c1cccc(F)c1. The normalized spacial score (nSPS) is 12.2. The standard InChI is InChI=1S/C16H16F3N/c1-3-14(11-5-4-6-12(17)9-11)20-16-13(18)8-7-10(2)15(16)19/h4-9,14,20H,3H2,1-2H3. The lowest BCUT2D eigenvalue weighted by molar-refractivity contribution is 0.574. The summed E-state index contributed by atoms with van der Waals surface area (Å²) in [6.07, 6.45) is 0.580. The molecular weight excluding hydrogens is 263 g/mol. The van der Waals surface area contributed by atoms with E-state index in [-0.39, 0.29) is 17.5 Å². The fraction of sp³-hybridized carbons (Fsp3) is 0.250. The van der Waals surface area contributed by atoms with Crippen molar-refractivity contribution in [2.75, 3.05) is 5.32 Å². The Balaban J connectivity index is 2.34. The van der Waals surface area contributed by atoms with Gasteiger partial charge in [0.2, 0.25) is 0 Å². The summed E-state index contributed by atoms with van der Waals surface area (Å²) in [5, 5.41) is 2.83. The van der Waals surface area contributed by atoms with Crippen LogP contribution in [0.4, 0.5) is 18.9 Å². The molecule has 0 fully saturated rings. The van der Waals surface area contributed by atoms with Crippen molar-refractivity contribution in [1.82, 2.24) is 0 Å². The monoisotopic (exact) mass is 279 g/mol. The van der Waals surface area contributed by atoms with Gasteiger partial charge in [-0.2, -0.15) is 0 Å². The smallest absolute Gasteiger partial charge is 0.152 e. The van der Waals surface area contributed by atoms with Gasteiger partial charge in [0.05, 0.1) is 6.04 Å². The Morgan fingerprint density at radius 3 is 2.50 bits per heavy atom. The zero-order valence-corrected chi connectivity index (χ0v) is 11.4. The van der Waals surface area contributed by atoms with Crippen LogP contribution in [0.3, 0.4) is 0 Å². The number of nitrogens with one attached hydrogen (secondary N) is 1. The summed E-state index contributed by atoms with van der Waals surface area (Å²) in [5.74, 6) is -1.63. The van der Waals surface area contributed by atoms with E-state index < -0.39 is 11.6 Å². The number of rotatable bonds is 4. The number of anilines is 1. The second kappa shape index (κ2) is 5.99. The molecule has 1 unspecified atom stereocenters. The van der Waals surface area contributed by atoms with Crippen LogP contribution in [0.2, 0.25) is 0 Å². The molecule has 1 nitrogen and oxygen atoms in total. The van der Waals surface area contributed by atoms with E-state index in [4.69, 9.17) is 0 Å². The first-order valence-corrected chi connectivity index (χ1v) is 6.49. The summed E-state index contributed by atoms with van der Waals surface area (Å²) in [5.41, 5.74) is 0.858. The van der Waals surface area contributed by atoms with Crippen LogP contribution < -0.4 is 5.32 Å². The van der Waals surface area contributed by atoms with Gasteiger partial charge < -0.3 is 5.32 Å². The third-order valence-corrected chi connectivity index (χ3v) is 3.26. The molecule has 0 aliphatic heterocycles. The van der Waals surface area contributed by atoms with Gasteiger partial charge in [-0.1, -0.05) is 25.1 Å². The third-order valence-electron chi connectivity index (χ3n) is 3.26. The molecule has 0 spiro atoms. The number of hydrogen-bond donors (Lipinski definition) is 1. The zero-order valence-electron chi connectivity index (χ0n) is 11.4. The maximum absolute atomic E-state index is 14.0. The summed E-state index contributed by atoms with van der Waals surface area (Å²) in [4.78, 5) is 0. The van der Waals surface area contributed by atoms with Gasteiger partial charge >= 0.3 is 0 Å². The minimum absolute atomic E-state index is 0.166. The van der Waals surface area contributed by atoms with Gasteiger partial charge in [-0.05, 0) is 42.7 Å². The number of hydrogen-bond acceptors (Lipinski definition) is 1. The molecule has 4 heteroatoms. The molecular formula is C16H16F3N. The third kappa shape index (κ3) is 2.95. The molecule has 2 aromatic rings. The second-order valence-corrected chi connectivity index (χ2v) is 4.71. The van der Waals surface area contributed by atoms with E-state index in [1.165, 1.54) is 24.3 Å². The molecule has 0 saturated heterocycles. The Bertz CT molecular complexity index is 611. The highest BCUT2D eigenvalue weighted by Gasteiger charge is 2.16. The molecule has 0 aliphatic rings. The van der Waals surface area contributed by atoms with Gasteiger partial charge in [-0.3, -0.25) is 0 Å². The average Bonchev–Trinajstić information content (AvgIpc) is 2.43. The van der Waals surface area contributed by atoms with Crippen LogP contribution in [0.5, 0.6) is 0 Å². The van der Waals surface area contributed by atoms with Gasteiger partial charge in [-0.15, -0.1) is 0 Å². The Labute approximate surface area is 116 Å². The Kier molecular flexibility index (Phi) is 4.32. The van der Waals surface area contributed by atoms with Gasteiger partial charge in [0.1, 0.15) is 17.3 Å². The Morgan fingerprint density at radius 1 is 1.10 bits per heavy atom. The lowest BCUT2D eigenvalue weighted by Gasteiger charge is -2.20. The topological polar surface area (TPSA) is 12.0 Å². The average molecular weight is 279 g/mol. The molecule has 1 N–H and O–H groups in total. The van der Waals surface area contributed by atoms with Crippen molar-refractivity contribution in [3.05, 3.63) is 65.0 Å². The highest BCUT2D eigenvalue weighted by molar-refractivity contribution is 5.50. The summed E-state index contributed by atoms with van der Waals surface area (Å²) >= 11 is 0. The van der Waals surface area contributed by atoms with Gasteiger partial charge in [0.25, 0.3) is 0 Å². The largest absolute Gasteiger partial charge is 0.373 e. The molecule has 0 saturated carbocycles. The van der Waals surface area contributed by atoms with E-state index in [0.717, 1.165) is 0 Å². The minimum atomic E-state index is -0.650. The van der Waals surface area contributed by atoms with Crippen molar-refractivity contribution in [3.63, 3.8) is 0 Å². The van der Waals surface area contributed by atoms with Crippen molar-refractivity contribution < 1.29 is 13.2 Å². The summed E-state index contributed by atoms with van der Waals surface area (Å²) < 4.78 is 41.0. The fourth-order valence-electron chi connectivity index (χ4n) is 2.11. The molecule has 0 aliphatic carbocycles. The van der Waals surface area contributed by atoms with Crippen LogP contribution in [-0.4, -0.2) is 0 Å². The summed E-state index contributed by atoms with van der Waals surface area (Å²) in [7, 11) is 0. The molecule has 2 rings (SSSR count). The van der Waals surface area contributed by atoms with Crippen LogP contribution in [0, 0.1) is 24.4 Å². The number of benzene rings is 2. The van der Waals surface area contributed by atoms with Crippen molar-refractivity contribution in [2.45, 2.75) is 26.3 Å². The molecule has 20 heavy (non-hydrogen) atoms. The molecule has 0 aromatic heterocycles. The van der Waals surface area contributed by atoms with Crippen molar-refractivity contribution in [3.8, 4) is 0 Å². The van der Waals surface area contributed by atoms with E-state index in [1.807, 2.05) is 6.92 Å². The summed E-state index contributed by atoms with van der Waals surface area (Å²) in [6, 6.07) is 8.28. The van der Waals surface area contributed by atoms with E-state index >= 15 is 0 Å². The van der Waals surface area contributed by atoms with Crippen molar-refractivity contribution >= 4 is 5.69 Å². The first kappa shape index (κ1) is 14.4. The van der Waals surface area contributed by atoms with Crippen LogP contribution >= 0.6 is 0 Å². The van der Waals surface area contributed by atoms with Crippen molar-refractivity contribution in [2.24, 2.45) is 0 Å². The molecule has 2 aromatic carbocycles. The van der Waals surface area contributed by atoms with Crippen molar-refractivity contribution in [1.29, 1.82) is 0 Å². The van der Waals surface area contributed by atoms with Crippen LogP contribution in [0.25, 0.3) is 0 Å². The molecule has 0 bridgehead atoms. The molecule has 0 radical (unpaired) electrons. The predicted molar refractivity (Wildman–Crippen MR) is 74.1 cm³/mol. The predicted octanol–water partition coefficient (Wildman–Crippen LogP) is 4.98. The first-order valence-electron chi connectivity index (χ1n) is 6.49. The van der Waals surface area contributed by atoms with E-state index in [0.29, 0.717) is 17.5 Å². The molecule has 0 amide bonds.